The number of esters is 1. The lowest BCUT2D eigenvalue weighted by molar-refractivity contribution is -0.152. The lowest BCUT2D eigenvalue weighted by atomic mass is 10.3. The molecule has 0 rings (SSSR count). The summed E-state index contributed by atoms with van der Waals surface area (Å²) in [6.45, 7) is 12.9. The fourth-order valence-corrected chi connectivity index (χ4v) is 1.07. The number of nitrogens with zero attached hydrogens (tertiary/aromatic N) is 1. The van der Waals surface area contributed by atoms with E-state index in [1.807, 2.05) is 20.8 Å². The van der Waals surface area contributed by atoms with Gasteiger partial charge in [0.05, 0.1) is 0 Å². The minimum atomic E-state index is -2.17. The molecule has 0 aromatic heterocycles. The zero-order valence-corrected chi connectivity index (χ0v) is 10.9. The van der Waals surface area contributed by atoms with Crippen LogP contribution in [0.5, 0.6) is 0 Å². The monoisotopic (exact) mass is 247 g/mol. The molecule has 7 heteroatoms. The molecule has 0 aromatic carbocycles. The number of rotatable bonds is 5. The van der Waals surface area contributed by atoms with Crippen LogP contribution in [-0.2, 0) is 9.53 Å². The van der Waals surface area contributed by atoms with Crippen LogP contribution >= 0.6 is 0 Å². The van der Waals surface area contributed by atoms with Crippen molar-refractivity contribution in [1.82, 2.24) is 4.90 Å². The van der Waals surface area contributed by atoms with E-state index in [1.165, 1.54) is 0 Å². The quantitative estimate of drug-likeness (QED) is 0.268. The Hall–Kier alpha value is -0.885. The van der Waals surface area contributed by atoms with Gasteiger partial charge in [-0.3, -0.25) is 4.90 Å². The predicted molar refractivity (Wildman–Crippen MR) is 65.7 cm³/mol. The summed E-state index contributed by atoms with van der Waals surface area (Å²) in [4.78, 5) is 13.2. The molecule has 0 bridgehead atoms. The highest BCUT2D eigenvalue weighted by molar-refractivity contribution is 6.30. The van der Waals surface area contributed by atoms with E-state index in [1.54, 1.807) is 6.92 Å². The van der Waals surface area contributed by atoms with Gasteiger partial charge in [0.15, 0.2) is 6.23 Å². The summed E-state index contributed by atoms with van der Waals surface area (Å²) in [5.74, 6) is -0.320. The SMILES string of the molecule is C=C(C)C(=O)OC(C)N(CC)CC.OB(O)O. The molecule has 0 amide bonds. The van der Waals surface area contributed by atoms with Gasteiger partial charge in [-0.1, -0.05) is 20.4 Å². The van der Waals surface area contributed by atoms with Crippen molar-refractivity contribution in [3.05, 3.63) is 12.2 Å². The Morgan fingerprint density at radius 1 is 1.35 bits per heavy atom. The Bertz CT molecular complexity index is 228. The first kappa shape index (κ1) is 18.5. The Labute approximate surface area is 103 Å². The molecule has 6 nitrogen and oxygen atoms in total. The molecule has 1 atom stereocenters. The van der Waals surface area contributed by atoms with Crippen molar-refractivity contribution in [3.8, 4) is 0 Å². The van der Waals surface area contributed by atoms with Gasteiger partial charge in [-0.05, 0) is 26.9 Å². The predicted octanol–water partition coefficient (Wildman–Crippen LogP) is -0.258. The van der Waals surface area contributed by atoms with Gasteiger partial charge in [0.1, 0.15) is 0 Å². The summed E-state index contributed by atoms with van der Waals surface area (Å²) in [5.41, 5.74) is 0.444. The van der Waals surface area contributed by atoms with E-state index < -0.39 is 7.32 Å². The number of hydrogen-bond donors (Lipinski definition) is 3. The molecule has 0 fully saturated rings. The van der Waals surface area contributed by atoms with E-state index in [2.05, 4.69) is 11.5 Å². The maximum atomic E-state index is 11.1. The molecule has 0 aliphatic rings. The van der Waals surface area contributed by atoms with Crippen molar-refractivity contribution in [2.45, 2.75) is 33.9 Å². The maximum Gasteiger partial charge on any atom is 0.631 e. The topological polar surface area (TPSA) is 90.2 Å². The van der Waals surface area contributed by atoms with Crippen molar-refractivity contribution >= 4 is 13.3 Å². The first-order valence-electron chi connectivity index (χ1n) is 5.40. The zero-order chi connectivity index (χ0) is 14.0. The second-order valence-electron chi connectivity index (χ2n) is 3.35. The average molecular weight is 247 g/mol. The van der Waals surface area contributed by atoms with Crippen LogP contribution < -0.4 is 0 Å². The van der Waals surface area contributed by atoms with E-state index in [0.29, 0.717) is 5.57 Å². The van der Waals surface area contributed by atoms with Crippen molar-refractivity contribution in [3.63, 3.8) is 0 Å². The van der Waals surface area contributed by atoms with Gasteiger partial charge in [-0.25, -0.2) is 4.79 Å². The molecule has 0 aliphatic carbocycles. The molecule has 0 spiro atoms. The van der Waals surface area contributed by atoms with E-state index in [4.69, 9.17) is 19.8 Å². The largest absolute Gasteiger partial charge is 0.631 e. The average Bonchev–Trinajstić information content (AvgIpc) is 2.18. The van der Waals surface area contributed by atoms with Gasteiger partial charge in [-0.15, -0.1) is 0 Å². The lowest BCUT2D eigenvalue weighted by Crippen LogP contribution is -2.36. The fraction of sp³-hybridized carbons (Fsp3) is 0.700. The molecule has 0 radical (unpaired) electrons. The Balaban J connectivity index is 0. The summed E-state index contributed by atoms with van der Waals surface area (Å²) in [7, 11) is -2.17. The third-order valence-electron chi connectivity index (χ3n) is 1.95. The van der Waals surface area contributed by atoms with E-state index in [0.717, 1.165) is 13.1 Å². The minimum absolute atomic E-state index is 0.167. The number of carbonyl (C=O) groups excluding carboxylic acids is 1. The fourth-order valence-electron chi connectivity index (χ4n) is 1.07. The summed E-state index contributed by atoms with van der Waals surface area (Å²) in [5, 5.41) is 21.5. The summed E-state index contributed by atoms with van der Waals surface area (Å²) in [6.07, 6.45) is -0.167. The standard InChI is InChI=1S/C10H19NO2.BH3O3/c1-6-11(7-2)9(5)13-10(12)8(3)4;2-1(3)4/h9H,3,6-7H2,1-2,4-5H3;2-4H. The van der Waals surface area contributed by atoms with Crippen molar-refractivity contribution in [2.24, 2.45) is 0 Å². The van der Waals surface area contributed by atoms with E-state index in [9.17, 15) is 4.79 Å². The highest BCUT2D eigenvalue weighted by Gasteiger charge is 2.14. The molecule has 0 saturated heterocycles. The van der Waals surface area contributed by atoms with Crippen LogP contribution in [0.4, 0.5) is 0 Å². The van der Waals surface area contributed by atoms with Crippen LogP contribution in [-0.4, -0.2) is 52.6 Å². The minimum Gasteiger partial charge on any atom is -0.443 e. The molecule has 0 aliphatic heterocycles. The van der Waals surface area contributed by atoms with Gasteiger partial charge in [0.25, 0.3) is 0 Å². The first-order chi connectivity index (χ1) is 7.76. The van der Waals surface area contributed by atoms with E-state index >= 15 is 0 Å². The summed E-state index contributed by atoms with van der Waals surface area (Å²) in [6, 6.07) is 0. The highest BCUT2D eigenvalue weighted by atomic mass is 16.6. The van der Waals surface area contributed by atoms with Crippen LogP contribution in [0.1, 0.15) is 27.7 Å². The Morgan fingerprint density at radius 3 is 1.94 bits per heavy atom. The molecular formula is C10H22BNO5. The number of carbonyl (C=O) groups is 1. The smallest absolute Gasteiger partial charge is 0.443 e. The van der Waals surface area contributed by atoms with Gasteiger partial charge in [0.2, 0.25) is 0 Å². The molecular weight excluding hydrogens is 225 g/mol. The van der Waals surface area contributed by atoms with Crippen molar-refractivity contribution in [2.75, 3.05) is 13.1 Å². The Morgan fingerprint density at radius 2 is 1.71 bits per heavy atom. The number of ether oxygens (including phenoxy) is 1. The first-order valence-corrected chi connectivity index (χ1v) is 5.40. The summed E-state index contributed by atoms with van der Waals surface area (Å²) >= 11 is 0. The molecule has 0 saturated carbocycles. The highest BCUT2D eigenvalue weighted by Crippen LogP contribution is 2.03. The zero-order valence-electron chi connectivity index (χ0n) is 10.9. The van der Waals surface area contributed by atoms with Gasteiger partial charge in [-0.2, -0.15) is 0 Å². The number of hydrogen-bond acceptors (Lipinski definition) is 6. The van der Waals surface area contributed by atoms with Gasteiger partial charge in [0, 0.05) is 5.57 Å². The van der Waals surface area contributed by atoms with Crippen LogP contribution in [0.3, 0.4) is 0 Å². The van der Waals surface area contributed by atoms with Crippen LogP contribution in [0.25, 0.3) is 0 Å². The molecule has 3 N–H and O–H groups in total. The molecule has 0 aromatic rings. The third-order valence-corrected chi connectivity index (χ3v) is 1.95. The van der Waals surface area contributed by atoms with E-state index in [-0.39, 0.29) is 12.2 Å². The van der Waals surface area contributed by atoms with Gasteiger partial charge >= 0.3 is 13.3 Å². The molecule has 100 valence electrons. The normalized spacial score (nSPS) is 11.3. The van der Waals surface area contributed by atoms with Crippen LogP contribution in [0, 0.1) is 0 Å². The second-order valence-corrected chi connectivity index (χ2v) is 3.35. The lowest BCUT2D eigenvalue weighted by Gasteiger charge is -2.25. The molecule has 17 heavy (non-hydrogen) atoms. The van der Waals surface area contributed by atoms with Crippen molar-refractivity contribution < 1.29 is 24.6 Å². The summed E-state index contributed by atoms with van der Waals surface area (Å²) < 4.78 is 5.14. The van der Waals surface area contributed by atoms with Gasteiger partial charge < -0.3 is 19.8 Å². The Kier molecular flexibility index (Phi) is 11.2. The maximum absolute atomic E-state index is 11.1. The second kappa shape index (κ2) is 10.3. The van der Waals surface area contributed by atoms with Crippen LogP contribution in [0.15, 0.2) is 12.2 Å². The third kappa shape index (κ3) is 11.4. The molecule has 0 heterocycles. The van der Waals surface area contributed by atoms with Crippen LogP contribution in [0.2, 0.25) is 0 Å². The van der Waals surface area contributed by atoms with Crippen molar-refractivity contribution in [1.29, 1.82) is 0 Å². The molecule has 1 unspecified atom stereocenters.